The molecule has 2 nitrogen and oxygen atoms in total. The van der Waals surface area contributed by atoms with Crippen LogP contribution in [0.15, 0.2) is 12.2 Å². The van der Waals surface area contributed by atoms with Gasteiger partial charge in [0.25, 0.3) is 0 Å². The standard InChI is InChI=1S/C27H55NOSSi/c1-7-8-20-25(29-31(5,6)27(2,3)4)21-18-16-14-12-10-9-11-13-15-17-19-22-26-23-28-24-30-26/h18,21,25-26,28H,7-17,19-20,22-24H2,1-6H3/b21-18-/t25-,26?/m1/s1. The van der Waals surface area contributed by atoms with Gasteiger partial charge in [-0.1, -0.05) is 104 Å². The van der Waals surface area contributed by atoms with Crippen LogP contribution in [0.25, 0.3) is 0 Å². The molecular weight excluding hydrogens is 414 g/mol. The van der Waals surface area contributed by atoms with Gasteiger partial charge in [-0.15, -0.1) is 11.8 Å². The molecule has 31 heavy (non-hydrogen) atoms. The van der Waals surface area contributed by atoms with Crippen molar-refractivity contribution in [2.45, 2.75) is 147 Å². The van der Waals surface area contributed by atoms with E-state index in [9.17, 15) is 0 Å². The van der Waals surface area contributed by atoms with E-state index in [1.54, 1.807) is 0 Å². The largest absolute Gasteiger partial charge is 0.411 e. The Morgan fingerprint density at radius 2 is 1.58 bits per heavy atom. The summed E-state index contributed by atoms with van der Waals surface area (Å²) in [5.41, 5.74) is 0. The summed E-state index contributed by atoms with van der Waals surface area (Å²) in [4.78, 5) is 0. The minimum atomic E-state index is -1.68. The number of hydrogen-bond acceptors (Lipinski definition) is 3. The second-order valence-electron chi connectivity index (χ2n) is 11.1. The molecule has 0 spiro atoms. The van der Waals surface area contributed by atoms with Crippen molar-refractivity contribution >= 4 is 20.1 Å². The fourth-order valence-electron chi connectivity index (χ4n) is 3.92. The molecule has 0 saturated carbocycles. The molecule has 1 rings (SSSR count). The van der Waals surface area contributed by atoms with Crippen molar-refractivity contribution in [2.75, 3.05) is 12.4 Å². The van der Waals surface area contributed by atoms with Crippen LogP contribution in [0.2, 0.25) is 18.1 Å². The molecule has 1 heterocycles. The lowest BCUT2D eigenvalue weighted by Crippen LogP contribution is -2.43. The van der Waals surface area contributed by atoms with Gasteiger partial charge in [-0.2, -0.15) is 0 Å². The van der Waals surface area contributed by atoms with Gasteiger partial charge >= 0.3 is 0 Å². The van der Waals surface area contributed by atoms with Crippen LogP contribution < -0.4 is 5.32 Å². The summed E-state index contributed by atoms with van der Waals surface area (Å²) >= 11 is 2.11. The van der Waals surface area contributed by atoms with Crippen molar-refractivity contribution in [3.63, 3.8) is 0 Å². The van der Waals surface area contributed by atoms with Gasteiger partial charge in [-0.3, -0.25) is 0 Å². The van der Waals surface area contributed by atoms with Gasteiger partial charge in [-0.25, -0.2) is 0 Å². The van der Waals surface area contributed by atoms with Crippen molar-refractivity contribution in [3.05, 3.63) is 12.2 Å². The van der Waals surface area contributed by atoms with Crippen LogP contribution in [0.1, 0.15) is 118 Å². The minimum Gasteiger partial charge on any atom is -0.411 e. The van der Waals surface area contributed by atoms with Gasteiger partial charge in [0.05, 0.1) is 6.10 Å². The van der Waals surface area contributed by atoms with Crippen LogP contribution >= 0.6 is 11.8 Å². The summed E-state index contributed by atoms with van der Waals surface area (Å²) in [6.07, 6.45) is 24.2. The van der Waals surface area contributed by atoms with E-state index in [0.29, 0.717) is 6.10 Å². The number of thioether (sulfide) groups is 1. The highest BCUT2D eigenvalue weighted by Crippen LogP contribution is 2.38. The van der Waals surface area contributed by atoms with Crippen LogP contribution in [0.5, 0.6) is 0 Å². The van der Waals surface area contributed by atoms with Gasteiger partial charge in [0, 0.05) is 17.7 Å². The molecule has 4 heteroatoms. The molecule has 2 atom stereocenters. The first-order valence-corrected chi connectivity index (χ1v) is 17.4. The molecule has 0 aliphatic carbocycles. The van der Waals surface area contributed by atoms with Crippen LogP contribution in [0.3, 0.4) is 0 Å². The van der Waals surface area contributed by atoms with Gasteiger partial charge < -0.3 is 9.74 Å². The predicted molar refractivity (Wildman–Crippen MR) is 146 cm³/mol. The highest BCUT2D eigenvalue weighted by atomic mass is 32.2. The summed E-state index contributed by atoms with van der Waals surface area (Å²) in [6.45, 7) is 15.3. The zero-order valence-electron chi connectivity index (χ0n) is 21.9. The maximum Gasteiger partial charge on any atom is 0.192 e. The van der Waals surface area contributed by atoms with Crippen LogP contribution in [-0.4, -0.2) is 32.1 Å². The summed E-state index contributed by atoms with van der Waals surface area (Å²) < 4.78 is 6.68. The third-order valence-corrected chi connectivity index (χ3v) is 12.9. The first-order chi connectivity index (χ1) is 14.8. The monoisotopic (exact) mass is 469 g/mol. The van der Waals surface area contributed by atoms with Crippen molar-refractivity contribution < 1.29 is 4.43 Å². The normalized spacial score (nSPS) is 18.8. The van der Waals surface area contributed by atoms with E-state index in [1.165, 1.54) is 102 Å². The molecule has 1 aliphatic rings. The van der Waals surface area contributed by atoms with Crippen LogP contribution in [-0.2, 0) is 4.43 Å². The fraction of sp³-hybridized carbons (Fsp3) is 0.926. The Morgan fingerprint density at radius 3 is 2.13 bits per heavy atom. The molecule has 1 unspecified atom stereocenters. The third kappa shape index (κ3) is 14.2. The SMILES string of the molecule is CCCC[C@H](/C=C\CCCCCCCCCCCC1CNCS1)O[Si](C)(C)C(C)(C)C. The van der Waals surface area contributed by atoms with Crippen molar-refractivity contribution in [1.29, 1.82) is 0 Å². The lowest BCUT2D eigenvalue weighted by atomic mass is 10.0. The second-order valence-corrected chi connectivity index (χ2v) is 17.2. The number of hydrogen-bond donors (Lipinski definition) is 1. The number of unbranched alkanes of at least 4 members (excludes halogenated alkanes) is 10. The van der Waals surface area contributed by atoms with E-state index < -0.39 is 8.32 Å². The average Bonchev–Trinajstić information content (AvgIpc) is 3.21. The molecule has 0 aromatic carbocycles. The fourth-order valence-corrected chi connectivity index (χ4v) is 6.26. The van der Waals surface area contributed by atoms with Crippen molar-refractivity contribution in [2.24, 2.45) is 0 Å². The van der Waals surface area contributed by atoms with E-state index in [0.717, 1.165) is 5.25 Å². The molecular formula is C27H55NOSSi. The van der Waals surface area contributed by atoms with E-state index in [2.05, 4.69) is 70.0 Å². The van der Waals surface area contributed by atoms with E-state index in [-0.39, 0.29) is 5.04 Å². The highest BCUT2D eigenvalue weighted by Gasteiger charge is 2.38. The minimum absolute atomic E-state index is 0.289. The molecule has 1 N–H and O–H groups in total. The lowest BCUT2D eigenvalue weighted by Gasteiger charge is -2.38. The molecule has 0 aromatic heterocycles. The number of allylic oxidation sites excluding steroid dienone is 1. The predicted octanol–water partition coefficient (Wildman–Crippen LogP) is 9.08. The van der Waals surface area contributed by atoms with E-state index in [4.69, 9.17) is 4.43 Å². The molecule has 0 aromatic rings. The Bertz CT molecular complexity index is 455. The smallest absolute Gasteiger partial charge is 0.192 e. The van der Waals surface area contributed by atoms with Gasteiger partial charge in [-0.05, 0) is 43.8 Å². The molecule has 1 saturated heterocycles. The van der Waals surface area contributed by atoms with Crippen molar-refractivity contribution in [3.8, 4) is 0 Å². The summed E-state index contributed by atoms with van der Waals surface area (Å²) in [5.74, 6) is 1.17. The zero-order valence-corrected chi connectivity index (χ0v) is 23.8. The maximum atomic E-state index is 6.68. The highest BCUT2D eigenvalue weighted by molar-refractivity contribution is 8.00. The molecule has 0 amide bonds. The van der Waals surface area contributed by atoms with Crippen LogP contribution in [0.4, 0.5) is 0 Å². The summed E-state index contributed by atoms with van der Waals surface area (Å²) in [5, 5.41) is 4.63. The maximum absolute atomic E-state index is 6.68. The Balaban J connectivity index is 2.04. The van der Waals surface area contributed by atoms with Gasteiger partial charge in [0.15, 0.2) is 8.32 Å². The van der Waals surface area contributed by atoms with Gasteiger partial charge in [0.1, 0.15) is 0 Å². The first-order valence-electron chi connectivity index (χ1n) is 13.4. The Morgan fingerprint density at radius 1 is 0.968 bits per heavy atom. The quantitative estimate of drug-likeness (QED) is 0.123. The molecule has 0 radical (unpaired) electrons. The summed E-state index contributed by atoms with van der Waals surface area (Å²) in [7, 11) is -1.68. The lowest BCUT2D eigenvalue weighted by molar-refractivity contribution is 0.211. The van der Waals surface area contributed by atoms with E-state index >= 15 is 0 Å². The molecule has 1 fully saturated rings. The number of rotatable bonds is 18. The topological polar surface area (TPSA) is 21.3 Å². The third-order valence-electron chi connectivity index (χ3n) is 7.14. The van der Waals surface area contributed by atoms with Gasteiger partial charge in [0.2, 0.25) is 0 Å². The Labute approximate surface area is 201 Å². The number of nitrogens with one attached hydrogen (secondary N) is 1. The summed E-state index contributed by atoms with van der Waals surface area (Å²) in [6, 6.07) is 0. The Kier molecular flexibility index (Phi) is 15.8. The first kappa shape index (κ1) is 29.3. The Hall–Kier alpha value is 0.227. The molecule has 0 bridgehead atoms. The molecule has 184 valence electrons. The van der Waals surface area contributed by atoms with Crippen LogP contribution in [0, 0.1) is 0 Å². The van der Waals surface area contributed by atoms with Crippen molar-refractivity contribution in [1.82, 2.24) is 5.32 Å². The second kappa shape index (κ2) is 16.8. The molecule has 1 aliphatic heterocycles. The average molecular weight is 470 g/mol. The van der Waals surface area contributed by atoms with E-state index in [1.807, 2.05) is 0 Å². The zero-order chi connectivity index (χ0) is 23.0.